The Morgan fingerprint density at radius 1 is 1.27 bits per heavy atom. The summed E-state index contributed by atoms with van der Waals surface area (Å²) in [6, 6.07) is 0. The number of hydrogen-bond donors (Lipinski definition) is 2. The van der Waals surface area contributed by atoms with Crippen molar-refractivity contribution in [3.63, 3.8) is 0 Å². The van der Waals surface area contributed by atoms with Crippen LogP contribution < -0.4 is 0 Å². The summed E-state index contributed by atoms with van der Waals surface area (Å²) >= 11 is 0. The number of fused-ring (bicyclic) bond motifs is 4. The molecule has 1 aromatic rings. The molecule has 3 aliphatic rings. The number of aryl methyl sites for hydroxylation is 1. The third kappa shape index (κ3) is 4.95. The second kappa shape index (κ2) is 10.5. The number of ether oxygens (including phenoxy) is 1. The zero-order chi connectivity index (χ0) is 30.9. The maximum absolute atomic E-state index is 14.9. The van der Waals surface area contributed by atoms with Crippen LogP contribution in [0.4, 0.5) is 0 Å². The van der Waals surface area contributed by atoms with E-state index in [-0.39, 0.29) is 47.5 Å². The molecule has 2 bridgehead atoms. The maximum atomic E-state index is 14.9. The molecule has 2 N–H and O–H groups in total. The summed E-state index contributed by atoms with van der Waals surface area (Å²) < 4.78 is 7.98. The summed E-state index contributed by atoms with van der Waals surface area (Å²) in [7, 11) is 0. The molecule has 7 heteroatoms. The van der Waals surface area contributed by atoms with Crippen LogP contribution in [-0.4, -0.2) is 50.1 Å². The minimum atomic E-state index is -1.69. The van der Waals surface area contributed by atoms with Gasteiger partial charge in [-0.25, -0.2) is 4.79 Å². The second-order valence-corrected chi connectivity index (χ2v) is 15.0. The van der Waals surface area contributed by atoms with Crippen LogP contribution in [-0.2, 0) is 15.1 Å². The lowest BCUT2D eigenvalue weighted by Gasteiger charge is -2.52. The number of nitrogens with zero attached hydrogens (tertiary/aromatic N) is 2. The van der Waals surface area contributed by atoms with E-state index in [1.54, 1.807) is 13.8 Å². The first-order chi connectivity index (χ1) is 18.8. The lowest BCUT2D eigenvalue weighted by Crippen LogP contribution is -2.63. The number of aliphatic hydroxyl groups is 2. The molecule has 0 radical (unpaired) electrons. The van der Waals surface area contributed by atoms with Gasteiger partial charge in [-0.1, -0.05) is 38.5 Å². The van der Waals surface area contributed by atoms with E-state index in [2.05, 4.69) is 31.9 Å². The molecule has 1 heterocycles. The van der Waals surface area contributed by atoms with Gasteiger partial charge in [0.1, 0.15) is 23.1 Å². The van der Waals surface area contributed by atoms with E-state index in [0.29, 0.717) is 41.3 Å². The lowest BCUT2D eigenvalue weighted by molar-refractivity contribution is -0.188. The van der Waals surface area contributed by atoms with E-state index < -0.39 is 23.1 Å². The first-order valence-electron chi connectivity index (χ1n) is 15.3. The fourth-order valence-electron chi connectivity index (χ4n) is 8.57. The van der Waals surface area contributed by atoms with Crippen molar-refractivity contribution in [2.24, 2.45) is 34.5 Å². The van der Waals surface area contributed by atoms with Crippen LogP contribution in [0.15, 0.2) is 23.3 Å². The summed E-state index contributed by atoms with van der Waals surface area (Å²) in [5.74, 6) is -0.486. The van der Waals surface area contributed by atoms with E-state index in [9.17, 15) is 19.8 Å². The zero-order valence-corrected chi connectivity index (χ0v) is 27.1. The highest BCUT2D eigenvalue weighted by molar-refractivity contribution is 5.93. The molecule has 41 heavy (non-hydrogen) atoms. The molecule has 0 aromatic carbocycles. The Labute approximate surface area is 246 Å². The summed E-state index contributed by atoms with van der Waals surface area (Å²) in [5.41, 5.74) is 0.334. The number of Topliss-reactive ketones (excluding diaryl/α,β-unsaturated/α-hetero) is 1. The molecule has 2 saturated carbocycles. The molecule has 3 aliphatic carbocycles. The van der Waals surface area contributed by atoms with Gasteiger partial charge in [-0.15, -0.1) is 0 Å². The predicted octanol–water partition coefficient (Wildman–Crippen LogP) is 6.08. The van der Waals surface area contributed by atoms with E-state index in [1.807, 2.05) is 52.3 Å². The minimum Gasteiger partial charge on any atom is -0.456 e. The molecule has 0 spiro atoms. The zero-order valence-electron chi connectivity index (χ0n) is 27.1. The molecule has 0 aliphatic heterocycles. The molecule has 228 valence electrons. The Morgan fingerprint density at radius 3 is 2.44 bits per heavy atom. The van der Waals surface area contributed by atoms with Gasteiger partial charge in [0, 0.05) is 12.3 Å². The number of carbonyl (C=O) groups is 2. The van der Waals surface area contributed by atoms with Crippen molar-refractivity contribution in [1.82, 2.24) is 9.78 Å². The number of aliphatic hydroxyl groups excluding tert-OH is 1. The first kappa shape index (κ1) is 31.7. The molecule has 5 unspecified atom stereocenters. The van der Waals surface area contributed by atoms with Crippen molar-refractivity contribution in [1.29, 1.82) is 0 Å². The normalized spacial score (nSPS) is 33.2. The van der Waals surface area contributed by atoms with E-state index in [1.165, 1.54) is 0 Å². The number of aromatic nitrogens is 2. The number of ketones is 1. The number of carbonyl (C=O) groups excluding carboxylic acids is 2. The van der Waals surface area contributed by atoms with Gasteiger partial charge in [-0.3, -0.25) is 9.48 Å². The van der Waals surface area contributed by atoms with Crippen LogP contribution in [0.3, 0.4) is 0 Å². The van der Waals surface area contributed by atoms with Crippen LogP contribution in [0, 0.1) is 48.3 Å². The first-order valence-corrected chi connectivity index (χ1v) is 15.3. The van der Waals surface area contributed by atoms with Crippen LogP contribution in [0.2, 0.25) is 0 Å². The smallest absolute Gasteiger partial charge is 0.342 e. The third-order valence-electron chi connectivity index (χ3n) is 10.8. The third-order valence-corrected chi connectivity index (χ3v) is 10.8. The number of allylic oxidation sites excluding steroid dienone is 3. The molecule has 2 fully saturated rings. The van der Waals surface area contributed by atoms with Gasteiger partial charge in [0.2, 0.25) is 0 Å². The van der Waals surface area contributed by atoms with E-state index in [4.69, 9.17) is 4.74 Å². The molecule has 0 saturated heterocycles. The fraction of sp³-hybridized carbons (Fsp3) is 0.735. The average molecular weight is 569 g/mol. The Kier molecular flexibility index (Phi) is 8.10. The molecule has 7 atom stereocenters. The highest BCUT2D eigenvalue weighted by atomic mass is 16.6. The highest BCUT2D eigenvalue weighted by Crippen LogP contribution is 2.71. The standard InChI is InChI=1S/C34H52N2O5/c1-19(2)13-12-14-33-20(3)15-26-28(32(26,10)11)25(29(33)38)16-24(18-37)17-34(33,40)23(6)41-30(39)27-21(4)35-36(22(27)5)31(7,8)9/h13,16,20,23,25-26,28,37,40H,12,14-15,17-18H2,1-11H3/t20-,23?,25?,26?,28+,33?,34?/m1/s1. The number of rotatable bonds is 7. The second-order valence-electron chi connectivity index (χ2n) is 15.0. The van der Waals surface area contributed by atoms with Crippen LogP contribution in [0.5, 0.6) is 0 Å². The quantitative estimate of drug-likeness (QED) is 0.305. The van der Waals surface area contributed by atoms with Gasteiger partial charge < -0.3 is 14.9 Å². The Morgan fingerprint density at radius 2 is 1.90 bits per heavy atom. The van der Waals surface area contributed by atoms with Gasteiger partial charge in [-0.05, 0) is 103 Å². The van der Waals surface area contributed by atoms with Gasteiger partial charge in [0.05, 0.1) is 28.9 Å². The van der Waals surface area contributed by atoms with E-state index >= 15 is 0 Å². The molecule has 0 amide bonds. The summed E-state index contributed by atoms with van der Waals surface area (Å²) in [4.78, 5) is 28.6. The minimum absolute atomic E-state index is 0.0283. The van der Waals surface area contributed by atoms with Gasteiger partial charge in [-0.2, -0.15) is 5.10 Å². The van der Waals surface area contributed by atoms with E-state index in [0.717, 1.165) is 12.0 Å². The molecule has 1 aromatic heterocycles. The molecular weight excluding hydrogens is 516 g/mol. The Hall–Kier alpha value is -2.25. The maximum Gasteiger partial charge on any atom is 0.342 e. The fourth-order valence-corrected chi connectivity index (χ4v) is 8.57. The van der Waals surface area contributed by atoms with Crippen LogP contribution in [0.1, 0.15) is 110 Å². The SMILES string of the molecule is CC(C)=CCCC12C(=O)C(C=C(CO)CC1(O)C(C)OC(=O)c1c(C)nn(C(C)(C)C)c1C)[C@H]1C(C[C@H]2C)C1(C)C. The average Bonchev–Trinajstić information content (AvgIpc) is 3.29. The number of esters is 1. The molecular formula is C34H52N2O5. The van der Waals surface area contributed by atoms with Gasteiger partial charge in [0.15, 0.2) is 0 Å². The lowest BCUT2D eigenvalue weighted by atomic mass is 9.55. The van der Waals surface area contributed by atoms with Crippen molar-refractivity contribution < 1.29 is 24.5 Å². The number of hydrogen-bond acceptors (Lipinski definition) is 6. The van der Waals surface area contributed by atoms with Crippen molar-refractivity contribution >= 4 is 11.8 Å². The van der Waals surface area contributed by atoms with Crippen molar-refractivity contribution in [2.45, 2.75) is 119 Å². The van der Waals surface area contributed by atoms with Crippen molar-refractivity contribution in [3.8, 4) is 0 Å². The summed E-state index contributed by atoms with van der Waals surface area (Å²) in [5, 5.41) is 28.0. The van der Waals surface area contributed by atoms with Crippen molar-refractivity contribution in [3.05, 3.63) is 40.2 Å². The van der Waals surface area contributed by atoms with Gasteiger partial charge >= 0.3 is 5.97 Å². The monoisotopic (exact) mass is 568 g/mol. The Bertz CT molecular complexity index is 1280. The van der Waals surface area contributed by atoms with Crippen LogP contribution >= 0.6 is 0 Å². The van der Waals surface area contributed by atoms with Crippen LogP contribution in [0.25, 0.3) is 0 Å². The molecule has 4 rings (SSSR count). The van der Waals surface area contributed by atoms with Gasteiger partial charge in [0.25, 0.3) is 0 Å². The summed E-state index contributed by atoms with van der Waals surface area (Å²) in [6.45, 7) is 21.8. The largest absolute Gasteiger partial charge is 0.456 e. The topological polar surface area (TPSA) is 102 Å². The van der Waals surface area contributed by atoms with Crippen molar-refractivity contribution in [2.75, 3.05) is 6.61 Å². The Balaban J connectivity index is 1.82. The molecule has 7 nitrogen and oxygen atoms in total. The predicted molar refractivity (Wildman–Crippen MR) is 160 cm³/mol. The highest BCUT2D eigenvalue weighted by Gasteiger charge is 2.72. The summed E-state index contributed by atoms with van der Waals surface area (Å²) in [6.07, 6.45) is 5.07.